The van der Waals surface area contributed by atoms with E-state index in [9.17, 15) is 9.59 Å². The van der Waals surface area contributed by atoms with Crippen molar-refractivity contribution in [3.8, 4) is 11.4 Å². The molecule has 7 nitrogen and oxygen atoms in total. The molecular weight excluding hydrogens is 440 g/mol. The van der Waals surface area contributed by atoms with Gasteiger partial charge in [0, 0.05) is 24.0 Å². The van der Waals surface area contributed by atoms with Crippen LogP contribution in [0.3, 0.4) is 0 Å². The zero-order valence-electron chi connectivity index (χ0n) is 19.4. The largest absolute Gasteiger partial charge is 0.497 e. The molecule has 1 atom stereocenters. The third-order valence-electron chi connectivity index (χ3n) is 6.03. The highest BCUT2D eigenvalue weighted by Gasteiger charge is 2.36. The summed E-state index contributed by atoms with van der Waals surface area (Å²) in [5.74, 6) is 1.38. The van der Waals surface area contributed by atoms with E-state index >= 15 is 0 Å². The number of hydrogen-bond acceptors (Lipinski definition) is 5. The number of methoxy groups -OCH3 is 1. The maximum absolute atomic E-state index is 13.7. The second-order valence-corrected chi connectivity index (χ2v) is 9.19. The number of hydrogen-bond donors (Lipinski definition) is 0. The number of aromatic nitrogens is 2. The van der Waals surface area contributed by atoms with Gasteiger partial charge in [0.2, 0.25) is 5.91 Å². The first-order valence-electron chi connectivity index (χ1n) is 11.1. The van der Waals surface area contributed by atoms with Crippen LogP contribution in [-0.4, -0.2) is 59.6 Å². The molecular formula is C25H29ClN4O3. The average molecular weight is 469 g/mol. The first-order valence-corrected chi connectivity index (χ1v) is 11.5. The van der Waals surface area contributed by atoms with Crippen molar-refractivity contribution in [3.05, 3.63) is 63.7 Å². The number of fused-ring (bicyclic) bond motifs is 1. The summed E-state index contributed by atoms with van der Waals surface area (Å²) >= 11 is 6.21. The molecule has 8 heteroatoms. The Morgan fingerprint density at radius 2 is 1.88 bits per heavy atom. The molecule has 1 unspecified atom stereocenters. The van der Waals surface area contributed by atoms with E-state index in [0.29, 0.717) is 39.7 Å². The lowest BCUT2D eigenvalue weighted by Crippen LogP contribution is -2.41. The molecule has 0 aliphatic heterocycles. The van der Waals surface area contributed by atoms with Crippen LogP contribution in [0.5, 0.6) is 5.75 Å². The summed E-state index contributed by atoms with van der Waals surface area (Å²) in [7, 11) is 5.56. The summed E-state index contributed by atoms with van der Waals surface area (Å²) in [5.41, 5.74) is 0.985. The van der Waals surface area contributed by atoms with Crippen LogP contribution in [0, 0.1) is 5.92 Å². The number of carbonyl (C=O) groups is 1. The van der Waals surface area contributed by atoms with Crippen molar-refractivity contribution < 1.29 is 9.53 Å². The predicted octanol–water partition coefficient (Wildman–Crippen LogP) is 3.91. The van der Waals surface area contributed by atoms with Crippen molar-refractivity contribution in [2.45, 2.75) is 25.8 Å². The van der Waals surface area contributed by atoms with Crippen LogP contribution < -0.4 is 10.3 Å². The van der Waals surface area contributed by atoms with Gasteiger partial charge in [-0.3, -0.25) is 14.2 Å². The Hall–Kier alpha value is -2.90. The lowest BCUT2D eigenvalue weighted by atomic mass is 10.1. The van der Waals surface area contributed by atoms with Gasteiger partial charge in [-0.1, -0.05) is 11.6 Å². The van der Waals surface area contributed by atoms with Crippen molar-refractivity contribution in [2.75, 3.05) is 34.3 Å². The third kappa shape index (κ3) is 4.89. The molecule has 0 saturated heterocycles. The summed E-state index contributed by atoms with van der Waals surface area (Å²) in [5, 5.41) is 0.980. The first-order chi connectivity index (χ1) is 15.8. The van der Waals surface area contributed by atoms with E-state index in [2.05, 4.69) is 0 Å². The maximum Gasteiger partial charge on any atom is 0.266 e. The van der Waals surface area contributed by atoms with Gasteiger partial charge in [-0.25, -0.2) is 4.98 Å². The van der Waals surface area contributed by atoms with Gasteiger partial charge in [0.15, 0.2) is 0 Å². The fraction of sp³-hybridized carbons (Fsp3) is 0.400. The van der Waals surface area contributed by atoms with Crippen LogP contribution in [0.25, 0.3) is 16.6 Å². The fourth-order valence-electron chi connectivity index (χ4n) is 3.94. The van der Waals surface area contributed by atoms with E-state index < -0.39 is 6.04 Å². The van der Waals surface area contributed by atoms with Gasteiger partial charge < -0.3 is 14.5 Å². The van der Waals surface area contributed by atoms with Gasteiger partial charge in [-0.2, -0.15) is 0 Å². The van der Waals surface area contributed by atoms with Crippen molar-refractivity contribution in [1.29, 1.82) is 0 Å². The van der Waals surface area contributed by atoms with Crippen LogP contribution in [0.15, 0.2) is 47.3 Å². The van der Waals surface area contributed by atoms with Crippen molar-refractivity contribution >= 4 is 28.4 Å². The van der Waals surface area contributed by atoms with Crippen LogP contribution in [0.4, 0.5) is 0 Å². The number of ether oxygens (including phenoxy) is 1. The SMILES string of the molecule is COc1ccc(-n2c(C(C)N(CCN(C)C)C(=O)C3CC3)nc3cc(Cl)ccc3c2=O)cc1. The molecule has 1 saturated carbocycles. The Morgan fingerprint density at radius 1 is 1.18 bits per heavy atom. The molecule has 33 heavy (non-hydrogen) atoms. The second-order valence-electron chi connectivity index (χ2n) is 8.76. The molecule has 2 aromatic carbocycles. The highest BCUT2D eigenvalue weighted by Crippen LogP contribution is 2.34. The predicted molar refractivity (Wildman–Crippen MR) is 130 cm³/mol. The zero-order chi connectivity index (χ0) is 23.7. The highest BCUT2D eigenvalue weighted by atomic mass is 35.5. The van der Waals surface area contributed by atoms with E-state index in [0.717, 1.165) is 19.4 Å². The molecule has 1 fully saturated rings. The Kier molecular flexibility index (Phi) is 6.72. The van der Waals surface area contributed by atoms with Crippen LogP contribution in [-0.2, 0) is 4.79 Å². The fourth-order valence-corrected chi connectivity index (χ4v) is 4.11. The van der Waals surface area contributed by atoms with E-state index in [-0.39, 0.29) is 17.4 Å². The minimum Gasteiger partial charge on any atom is -0.497 e. The van der Waals surface area contributed by atoms with E-state index in [1.807, 2.05) is 43.0 Å². The number of amides is 1. The molecule has 3 aromatic rings. The number of nitrogens with zero attached hydrogens (tertiary/aromatic N) is 4. The maximum atomic E-state index is 13.7. The average Bonchev–Trinajstić information content (AvgIpc) is 3.64. The number of halogens is 1. The summed E-state index contributed by atoms with van der Waals surface area (Å²) < 4.78 is 6.88. The lowest BCUT2D eigenvalue weighted by molar-refractivity contribution is -0.135. The van der Waals surface area contributed by atoms with Crippen LogP contribution in [0.1, 0.15) is 31.6 Å². The molecule has 0 bridgehead atoms. The molecule has 0 N–H and O–H groups in total. The minimum atomic E-state index is -0.406. The molecule has 174 valence electrons. The summed E-state index contributed by atoms with van der Waals surface area (Å²) in [6, 6.07) is 11.9. The Bertz CT molecular complexity index is 1220. The molecule has 0 radical (unpaired) electrons. The quantitative estimate of drug-likeness (QED) is 0.501. The topological polar surface area (TPSA) is 67.7 Å². The number of rotatable bonds is 8. The van der Waals surface area contributed by atoms with Gasteiger partial charge in [0.25, 0.3) is 5.56 Å². The van der Waals surface area contributed by atoms with E-state index in [1.54, 1.807) is 42.0 Å². The summed E-state index contributed by atoms with van der Waals surface area (Å²) in [6.07, 6.45) is 1.83. The second kappa shape index (κ2) is 9.53. The zero-order valence-corrected chi connectivity index (χ0v) is 20.2. The molecule has 1 aromatic heterocycles. The number of benzene rings is 2. The number of carbonyl (C=O) groups excluding carboxylic acids is 1. The molecule has 1 amide bonds. The normalized spacial score (nSPS) is 14.5. The van der Waals surface area contributed by atoms with Crippen LogP contribution in [0.2, 0.25) is 5.02 Å². The molecule has 0 spiro atoms. The van der Waals surface area contributed by atoms with Crippen molar-refractivity contribution in [3.63, 3.8) is 0 Å². The van der Waals surface area contributed by atoms with Gasteiger partial charge in [0.05, 0.1) is 29.7 Å². The Labute approximate surface area is 198 Å². The highest BCUT2D eigenvalue weighted by molar-refractivity contribution is 6.31. The molecule has 1 aliphatic carbocycles. The standard InChI is InChI=1S/C25H29ClN4O3/c1-16(29(14-13-28(2)3)24(31)17-5-6-17)23-27-22-15-18(26)7-12-21(22)25(32)30(23)19-8-10-20(33-4)11-9-19/h7-12,15-17H,5-6,13-14H2,1-4H3. The van der Waals surface area contributed by atoms with Gasteiger partial charge in [0.1, 0.15) is 11.6 Å². The summed E-state index contributed by atoms with van der Waals surface area (Å²) in [6.45, 7) is 3.21. The van der Waals surface area contributed by atoms with E-state index in [4.69, 9.17) is 21.3 Å². The van der Waals surface area contributed by atoms with Gasteiger partial charge in [-0.05, 0) is 76.3 Å². The minimum absolute atomic E-state index is 0.0608. The smallest absolute Gasteiger partial charge is 0.266 e. The lowest BCUT2D eigenvalue weighted by Gasteiger charge is -2.31. The van der Waals surface area contributed by atoms with Crippen molar-refractivity contribution in [2.24, 2.45) is 5.92 Å². The van der Waals surface area contributed by atoms with Gasteiger partial charge in [-0.15, -0.1) is 0 Å². The Balaban J connectivity index is 1.88. The van der Waals surface area contributed by atoms with Gasteiger partial charge >= 0.3 is 0 Å². The number of likely N-dealkylation sites (N-methyl/N-ethyl adjacent to an activating group) is 1. The third-order valence-corrected chi connectivity index (χ3v) is 6.26. The van der Waals surface area contributed by atoms with E-state index in [1.165, 1.54) is 0 Å². The Morgan fingerprint density at radius 3 is 2.48 bits per heavy atom. The molecule has 4 rings (SSSR count). The van der Waals surface area contributed by atoms with Crippen molar-refractivity contribution in [1.82, 2.24) is 19.4 Å². The summed E-state index contributed by atoms with van der Waals surface area (Å²) in [4.78, 5) is 35.7. The van der Waals surface area contributed by atoms with Crippen LogP contribution >= 0.6 is 11.6 Å². The molecule has 1 heterocycles. The first kappa shape index (κ1) is 23.3. The monoisotopic (exact) mass is 468 g/mol. The molecule has 1 aliphatic rings.